The SMILES string of the molecule is Oc1ccc(C2OC2CN2C[C@@H]3CC(O)(Cc4cccs4)C[C@@H]3C2)cc1F. The Bertz CT molecular complexity index is 813. The zero-order valence-electron chi connectivity index (χ0n) is 15.1. The first kappa shape index (κ1) is 17.6. The number of hydrogen-bond donors (Lipinski definition) is 2. The number of phenols is 1. The van der Waals surface area contributed by atoms with Crippen LogP contribution in [0.25, 0.3) is 0 Å². The number of thiophene rings is 1. The van der Waals surface area contributed by atoms with Crippen LogP contribution >= 0.6 is 11.3 Å². The normalized spacial score (nSPS) is 35.5. The van der Waals surface area contributed by atoms with E-state index >= 15 is 0 Å². The molecule has 4 nitrogen and oxygen atoms in total. The van der Waals surface area contributed by atoms with Crippen molar-refractivity contribution < 1.29 is 19.3 Å². The van der Waals surface area contributed by atoms with Crippen molar-refractivity contribution in [2.45, 2.75) is 37.1 Å². The third kappa shape index (κ3) is 3.51. The fraction of sp³-hybridized carbons (Fsp3) is 0.524. The summed E-state index contributed by atoms with van der Waals surface area (Å²) < 4.78 is 19.3. The molecule has 5 atom stereocenters. The predicted molar refractivity (Wildman–Crippen MR) is 101 cm³/mol. The van der Waals surface area contributed by atoms with Gasteiger partial charge in [-0.1, -0.05) is 12.1 Å². The molecule has 27 heavy (non-hydrogen) atoms. The van der Waals surface area contributed by atoms with E-state index in [1.807, 2.05) is 6.07 Å². The Morgan fingerprint density at radius 1 is 1.22 bits per heavy atom. The standard InChI is InChI=1S/C21H24FNO3S/c22-17-6-13(3-4-18(17)24)20-19(26-20)12-23-10-14-7-21(25,8-15(14)11-23)9-16-2-1-5-27-16/h1-6,14-15,19-20,24-25H,7-12H2/t14-,15+,19?,20?,21?. The molecule has 6 heteroatoms. The van der Waals surface area contributed by atoms with Crippen molar-refractivity contribution in [1.29, 1.82) is 0 Å². The van der Waals surface area contributed by atoms with Crippen LogP contribution in [0.3, 0.4) is 0 Å². The van der Waals surface area contributed by atoms with E-state index in [2.05, 4.69) is 16.3 Å². The fourth-order valence-electron chi connectivity index (χ4n) is 5.12. The minimum Gasteiger partial charge on any atom is -0.505 e. The van der Waals surface area contributed by atoms with Crippen LogP contribution in [0.5, 0.6) is 5.75 Å². The zero-order chi connectivity index (χ0) is 18.6. The van der Waals surface area contributed by atoms with E-state index in [1.54, 1.807) is 17.4 Å². The number of hydrogen-bond acceptors (Lipinski definition) is 5. The lowest BCUT2D eigenvalue weighted by atomic mass is 9.95. The smallest absolute Gasteiger partial charge is 0.165 e. The molecule has 1 aromatic heterocycles. The third-order valence-electron chi connectivity index (χ3n) is 6.34. The number of rotatable bonds is 5. The second kappa shape index (κ2) is 6.55. The van der Waals surface area contributed by atoms with E-state index in [1.165, 1.54) is 17.0 Å². The summed E-state index contributed by atoms with van der Waals surface area (Å²) in [4.78, 5) is 3.70. The highest BCUT2D eigenvalue weighted by atomic mass is 32.1. The molecule has 3 heterocycles. The Hall–Kier alpha value is -1.47. The van der Waals surface area contributed by atoms with E-state index in [4.69, 9.17) is 4.74 Å². The van der Waals surface area contributed by atoms with Gasteiger partial charge in [-0.25, -0.2) is 4.39 Å². The van der Waals surface area contributed by atoms with E-state index in [0.29, 0.717) is 11.8 Å². The van der Waals surface area contributed by atoms with Crippen molar-refractivity contribution in [3.8, 4) is 5.75 Å². The van der Waals surface area contributed by atoms with Crippen LogP contribution in [-0.4, -0.2) is 46.5 Å². The molecule has 144 valence electrons. The van der Waals surface area contributed by atoms with E-state index in [9.17, 15) is 14.6 Å². The second-order valence-corrected chi connectivity index (χ2v) is 9.47. The van der Waals surface area contributed by atoms with Gasteiger partial charge in [-0.3, -0.25) is 0 Å². The van der Waals surface area contributed by atoms with Gasteiger partial charge in [0, 0.05) is 30.9 Å². The Balaban J connectivity index is 1.14. The second-order valence-electron chi connectivity index (χ2n) is 8.43. The van der Waals surface area contributed by atoms with Crippen molar-refractivity contribution in [3.05, 3.63) is 52.0 Å². The molecule has 0 bridgehead atoms. The van der Waals surface area contributed by atoms with Gasteiger partial charge in [0.25, 0.3) is 0 Å². The molecule has 3 fully saturated rings. The lowest BCUT2D eigenvalue weighted by molar-refractivity contribution is 0.0360. The maximum Gasteiger partial charge on any atom is 0.165 e. The van der Waals surface area contributed by atoms with Gasteiger partial charge in [-0.15, -0.1) is 11.3 Å². The molecular weight excluding hydrogens is 365 g/mol. The van der Waals surface area contributed by atoms with Crippen LogP contribution in [0.2, 0.25) is 0 Å². The summed E-state index contributed by atoms with van der Waals surface area (Å²) in [7, 11) is 0. The van der Waals surface area contributed by atoms with Crippen molar-refractivity contribution in [2.75, 3.05) is 19.6 Å². The first-order valence-electron chi connectivity index (χ1n) is 9.60. The number of aliphatic hydroxyl groups is 1. The Morgan fingerprint density at radius 3 is 2.67 bits per heavy atom. The monoisotopic (exact) mass is 389 g/mol. The number of benzene rings is 1. The van der Waals surface area contributed by atoms with Crippen molar-refractivity contribution in [2.24, 2.45) is 11.8 Å². The zero-order valence-corrected chi connectivity index (χ0v) is 15.9. The van der Waals surface area contributed by atoms with Crippen molar-refractivity contribution >= 4 is 11.3 Å². The molecule has 1 aromatic carbocycles. The lowest BCUT2D eigenvalue weighted by Gasteiger charge is -2.25. The molecular formula is C21H24FNO3S. The summed E-state index contributed by atoms with van der Waals surface area (Å²) in [5.74, 6) is 0.192. The lowest BCUT2D eigenvalue weighted by Crippen LogP contribution is -2.33. The van der Waals surface area contributed by atoms with Gasteiger partial charge >= 0.3 is 0 Å². The highest BCUT2D eigenvalue weighted by Crippen LogP contribution is 2.47. The molecule has 0 spiro atoms. The van der Waals surface area contributed by atoms with Gasteiger partial charge in [0.2, 0.25) is 0 Å². The summed E-state index contributed by atoms with van der Waals surface area (Å²) >= 11 is 1.72. The molecule has 2 aliphatic heterocycles. The Kier molecular flexibility index (Phi) is 4.27. The summed E-state index contributed by atoms with van der Waals surface area (Å²) in [5, 5.41) is 22.4. The number of nitrogens with zero attached hydrogens (tertiary/aromatic N) is 1. The first-order valence-corrected chi connectivity index (χ1v) is 10.5. The molecule has 2 saturated heterocycles. The van der Waals surface area contributed by atoms with Gasteiger partial charge in [0.15, 0.2) is 11.6 Å². The van der Waals surface area contributed by atoms with Crippen LogP contribution in [0.15, 0.2) is 35.7 Å². The molecule has 1 aliphatic carbocycles. The molecule has 1 saturated carbocycles. The van der Waals surface area contributed by atoms with Crippen LogP contribution in [-0.2, 0) is 11.2 Å². The fourth-order valence-corrected chi connectivity index (χ4v) is 5.96. The van der Waals surface area contributed by atoms with Crippen molar-refractivity contribution in [1.82, 2.24) is 4.90 Å². The maximum absolute atomic E-state index is 13.5. The average Bonchev–Trinajstić information content (AvgIpc) is 2.90. The molecule has 0 amide bonds. The first-order chi connectivity index (χ1) is 13.0. The largest absolute Gasteiger partial charge is 0.505 e. The molecule has 3 unspecified atom stereocenters. The van der Waals surface area contributed by atoms with Gasteiger partial charge in [-0.05, 0) is 53.8 Å². The van der Waals surface area contributed by atoms with Gasteiger partial charge in [0.1, 0.15) is 12.2 Å². The summed E-state index contributed by atoms with van der Waals surface area (Å²) in [6, 6.07) is 8.64. The minimum atomic E-state index is -0.595. The summed E-state index contributed by atoms with van der Waals surface area (Å²) in [6.45, 7) is 2.87. The van der Waals surface area contributed by atoms with E-state index in [-0.39, 0.29) is 18.0 Å². The van der Waals surface area contributed by atoms with Crippen molar-refractivity contribution in [3.63, 3.8) is 0 Å². The van der Waals surface area contributed by atoms with E-state index in [0.717, 1.165) is 44.5 Å². The number of fused-ring (bicyclic) bond motifs is 1. The van der Waals surface area contributed by atoms with E-state index < -0.39 is 11.4 Å². The number of epoxide rings is 1. The Labute approximate surface area is 162 Å². The van der Waals surface area contributed by atoms with Crippen LogP contribution in [0, 0.1) is 17.7 Å². The highest BCUT2D eigenvalue weighted by molar-refractivity contribution is 7.09. The van der Waals surface area contributed by atoms with Gasteiger partial charge < -0.3 is 19.8 Å². The molecule has 0 radical (unpaired) electrons. The number of halogens is 1. The average molecular weight is 389 g/mol. The van der Waals surface area contributed by atoms with Crippen LogP contribution in [0.1, 0.15) is 29.4 Å². The minimum absolute atomic E-state index is 0.0729. The maximum atomic E-state index is 13.5. The molecule has 3 aliphatic rings. The van der Waals surface area contributed by atoms with Gasteiger partial charge in [0.05, 0.1) is 5.60 Å². The third-order valence-corrected chi connectivity index (χ3v) is 7.22. The topological polar surface area (TPSA) is 56.2 Å². The number of aromatic hydroxyl groups is 1. The van der Waals surface area contributed by atoms with Gasteiger partial charge in [-0.2, -0.15) is 0 Å². The number of likely N-dealkylation sites (tertiary alicyclic amines) is 1. The Morgan fingerprint density at radius 2 is 2.00 bits per heavy atom. The van der Waals surface area contributed by atoms with Crippen LogP contribution < -0.4 is 0 Å². The molecule has 2 aromatic rings. The summed E-state index contributed by atoms with van der Waals surface area (Å²) in [5.41, 5.74) is 0.245. The predicted octanol–water partition coefficient (Wildman–Crippen LogP) is 3.35. The van der Waals surface area contributed by atoms with Crippen LogP contribution in [0.4, 0.5) is 4.39 Å². The molecule has 2 N–H and O–H groups in total. The number of phenolic OH excluding ortho intramolecular Hbond substituents is 1. The molecule has 5 rings (SSSR count). The number of ether oxygens (including phenoxy) is 1. The highest BCUT2D eigenvalue weighted by Gasteiger charge is 2.50. The quantitative estimate of drug-likeness (QED) is 0.770. The summed E-state index contributed by atoms with van der Waals surface area (Å²) in [6.07, 6.45) is 2.56.